The molecule has 2 aromatic carbocycles. The lowest BCUT2D eigenvalue weighted by molar-refractivity contribution is 0.144. The number of alkyl carbamates (subject to hydrolysis) is 1. The average molecular weight is 472 g/mol. The third kappa shape index (κ3) is 6.73. The molecule has 2 amide bonds. The predicted molar refractivity (Wildman–Crippen MR) is 128 cm³/mol. The molecule has 9 heteroatoms. The Morgan fingerprint density at radius 3 is 2.69 bits per heavy atom. The van der Waals surface area contributed by atoms with Gasteiger partial charge in [-0.15, -0.1) is 11.3 Å². The molecule has 2 N–H and O–H groups in total. The van der Waals surface area contributed by atoms with Crippen LogP contribution in [0.2, 0.25) is 0 Å². The summed E-state index contributed by atoms with van der Waals surface area (Å²) in [5.74, 6) is 0. The van der Waals surface area contributed by atoms with Crippen LogP contribution in [0.4, 0.5) is 15.3 Å². The molecule has 0 unspecified atom stereocenters. The molecule has 32 heavy (non-hydrogen) atoms. The second kappa shape index (κ2) is 11.5. The molecule has 0 bridgehead atoms. The molecule has 0 aliphatic heterocycles. The Morgan fingerprint density at radius 2 is 1.97 bits per heavy atom. The summed E-state index contributed by atoms with van der Waals surface area (Å²) in [6.45, 7) is 2.74. The van der Waals surface area contributed by atoms with Gasteiger partial charge in [-0.1, -0.05) is 55.4 Å². The van der Waals surface area contributed by atoms with Crippen LogP contribution in [0.5, 0.6) is 0 Å². The van der Waals surface area contributed by atoms with E-state index in [2.05, 4.69) is 10.3 Å². The minimum atomic E-state index is -1.02. The molecule has 1 heterocycles. The number of amides is 2. The number of hydrogen-bond donors (Lipinski definition) is 2. The van der Waals surface area contributed by atoms with Crippen molar-refractivity contribution in [2.45, 2.75) is 35.4 Å². The zero-order valence-electron chi connectivity index (χ0n) is 17.9. The highest BCUT2D eigenvalue weighted by molar-refractivity contribution is 8.01. The summed E-state index contributed by atoms with van der Waals surface area (Å²) >= 11 is 2.98. The van der Waals surface area contributed by atoms with Gasteiger partial charge in [0.25, 0.3) is 0 Å². The first kappa shape index (κ1) is 23.6. The van der Waals surface area contributed by atoms with Crippen LogP contribution in [-0.2, 0) is 11.3 Å². The number of benzene rings is 2. The fourth-order valence-corrected chi connectivity index (χ4v) is 4.82. The molecule has 0 saturated carbocycles. The zero-order chi connectivity index (χ0) is 22.9. The average Bonchev–Trinajstić information content (AvgIpc) is 3.25. The molecule has 0 radical (unpaired) electrons. The molecule has 3 aromatic rings. The van der Waals surface area contributed by atoms with Crippen molar-refractivity contribution in [2.24, 2.45) is 0 Å². The van der Waals surface area contributed by atoms with Crippen LogP contribution in [0.1, 0.15) is 24.8 Å². The van der Waals surface area contributed by atoms with Crippen molar-refractivity contribution in [3.63, 3.8) is 0 Å². The number of nitrogens with one attached hydrogen (secondary N) is 1. The lowest BCUT2D eigenvalue weighted by Crippen LogP contribution is -2.24. The van der Waals surface area contributed by atoms with Crippen molar-refractivity contribution in [1.29, 1.82) is 0 Å². The number of anilines is 1. The first-order valence-electron chi connectivity index (χ1n) is 10.2. The Balaban J connectivity index is 1.73. The third-order valence-corrected chi connectivity index (χ3v) is 6.61. The monoisotopic (exact) mass is 471 g/mol. The van der Waals surface area contributed by atoms with E-state index in [-0.39, 0.29) is 0 Å². The summed E-state index contributed by atoms with van der Waals surface area (Å²) in [6, 6.07) is 15.6. The summed E-state index contributed by atoms with van der Waals surface area (Å²) in [4.78, 5) is 29.7. The van der Waals surface area contributed by atoms with Gasteiger partial charge in [0.2, 0.25) is 0 Å². The summed E-state index contributed by atoms with van der Waals surface area (Å²) in [5, 5.41) is 12.9. The van der Waals surface area contributed by atoms with Crippen molar-refractivity contribution >= 4 is 41.0 Å². The second-order valence-electron chi connectivity index (χ2n) is 6.94. The highest BCUT2D eigenvalue weighted by Crippen LogP contribution is 2.37. The van der Waals surface area contributed by atoms with Crippen LogP contribution in [0.25, 0.3) is 11.1 Å². The van der Waals surface area contributed by atoms with Crippen molar-refractivity contribution in [3.8, 4) is 11.1 Å². The molecule has 0 aliphatic rings. The number of hydrogen-bond acceptors (Lipinski definition) is 6. The van der Waals surface area contributed by atoms with Gasteiger partial charge in [-0.3, -0.25) is 4.90 Å². The maximum Gasteiger partial charge on any atom is 0.411 e. The number of ether oxygens (including phenoxy) is 1. The fraction of sp³-hybridized carbons (Fsp3) is 0.261. The van der Waals surface area contributed by atoms with Crippen LogP contribution < -0.4 is 10.2 Å². The van der Waals surface area contributed by atoms with Gasteiger partial charge in [0.15, 0.2) is 0 Å². The highest BCUT2D eigenvalue weighted by Gasteiger charge is 2.13. The standard InChI is InChI=1S/C23H25N3O4S2/c1-3-4-10-30-22(27)25-14-20-24-15-21(32-20)31-19-12-17(16-8-6-5-7-9-16)11-18(13-19)26(2)23(28)29/h5-9,11-13,15H,3-4,10,14H2,1-2H3,(H,25,27)(H,28,29). The Kier molecular flexibility index (Phi) is 8.52. The van der Waals surface area contributed by atoms with E-state index < -0.39 is 12.2 Å². The molecule has 0 saturated heterocycles. The number of carbonyl (C=O) groups is 2. The fourth-order valence-electron chi connectivity index (χ4n) is 2.79. The van der Waals surface area contributed by atoms with E-state index >= 15 is 0 Å². The molecular formula is C23H25N3O4S2. The quantitative estimate of drug-likeness (QED) is 0.366. The van der Waals surface area contributed by atoms with Crippen LogP contribution in [0.3, 0.4) is 0 Å². The molecule has 1 aromatic heterocycles. The van der Waals surface area contributed by atoms with Gasteiger partial charge < -0.3 is 15.2 Å². The first-order valence-corrected chi connectivity index (χ1v) is 11.8. The minimum absolute atomic E-state index is 0.299. The number of nitrogens with zero attached hydrogens (tertiary/aromatic N) is 2. The maximum atomic E-state index is 11.7. The number of aromatic nitrogens is 1. The zero-order valence-corrected chi connectivity index (χ0v) is 19.5. The van der Waals surface area contributed by atoms with Crippen LogP contribution in [-0.4, -0.2) is 35.9 Å². The van der Waals surface area contributed by atoms with E-state index in [0.717, 1.165) is 38.1 Å². The van der Waals surface area contributed by atoms with E-state index in [1.165, 1.54) is 35.0 Å². The lowest BCUT2D eigenvalue weighted by Gasteiger charge is -2.16. The third-order valence-electron chi connectivity index (χ3n) is 4.54. The molecule has 0 spiro atoms. The van der Waals surface area contributed by atoms with Gasteiger partial charge in [-0.05, 0) is 35.7 Å². The topological polar surface area (TPSA) is 91.8 Å². The van der Waals surface area contributed by atoms with Gasteiger partial charge >= 0.3 is 12.2 Å². The van der Waals surface area contributed by atoms with E-state index in [1.807, 2.05) is 55.5 Å². The Bertz CT molecular complexity index is 1060. The van der Waals surface area contributed by atoms with E-state index in [0.29, 0.717) is 18.8 Å². The summed E-state index contributed by atoms with van der Waals surface area (Å²) < 4.78 is 6.03. The molecule has 0 aliphatic carbocycles. The van der Waals surface area contributed by atoms with Crippen molar-refractivity contribution in [2.75, 3.05) is 18.6 Å². The largest absolute Gasteiger partial charge is 0.465 e. The number of unbranched alkanes of at least 4 members (excludes halogenated alkanes) is 1. The first-order chi connectivity index (χ1) is 15.5. The predicted octanol–water partition coefficient (Wildman–Crippen LogP) is 6.10. The smallest absolute Gasteiger partial charge is 0.411 e. The molecule has 7 nitrogen and oxygen atoms in total. The van der Waals surface area contributed by atoms with Crippen LogP contribution in [0, 0.1) is 0 Å². The molecule has 0 atom stereocenters. The number of thiazole rings is 1. The van der Waals surface area contributed by atoms with Crippen molar-refractivity contribution in [3.05, 3.63) is 59.7 Å². The maximum absolute atomic E-state index is 11.7. The second-order valence-corrected chi connectivity index (χ2v) is 9.43. The van der Waals surface area contributed by atoms with E-state index in [1.54, 1.807) is 6.20 Å². The van der Waals surface area contributed by atoms with Gasteiger partial charge in [0.05, 0.1) is 23.6 Å². The normalized spacial score (nSPS) is 10.6. The molecular weight excluding hydrogens is 446 g/mol. The Labute approximate surface area is 195 Å². The van der Waals surface area contributed by atoms with E-state index in [4.69, 9.17) is 4.74 Å². The molecule has 168 valence electrons. The summed E-state index contributed by atoms with van der Waals surface area (Å²) in [7, 11) is 1.52. The molecule has 3 rings (SSSR count). The highest BCUT2D eigenvalue weighted by atomic mass is 32.2. The van der Waals surface area contributed by atoms with Crippen LogP contribution in [0.15, 0.2) is 63.8 Å². The van der Waals surface area contributed by atoms with Gasteiger partial charge in [-0.2, -0.15) is 0 Å². The summed E-state index contributed by atoms with van der Waals surface area (Å²) in [6.07, 6.45) is 2.09. The van der Waals surface area contributed by atoms with Gasteiger partial charge in [0.1, 0.15) is 5.01 Å². The van der Waals surface area contributed by atoms with Crippen LogP contribution >= 0.6 is 23.1 Å². The SMILES string of the molecule is CCCCOC(=O)NCc1ncc(Sc2cc(-c3ccccc3)cc(N(C)C(=O)O)c2)s1. The van der Waals surface area contributed by atoms with Gasteiger partial charge in [-0.25, -0.2) is 14.6 Å². The Morgan fingerprint density at radius 1 is 1.19 bits per heavy atom. The number of rotatable bonds is 9. The van der Waals surface area contributed by atoms with Crippen molar-refractivity contribution < 1.29 is 19.4 Å². The molecule has 0 fully saturated rings. The summed E-state index contributed by atoms with van der Waals surface area (Å²) in [5.41, 5.74) is 2.52. The number of carbonyl (C=O) groups excluding carboxylic acids is 1. The van der Waals surface area contributed by atoms with Crippen molar-refractivity contribution in [1.82, 2.24) is 10.3 Å². The lowest BCUT2D eigenvalue weighted by atomic mass is 10.1. The minimum Gasteiger partial charge on any atom is -0.465 e. The Hall–Kier alpha value is -3.04. The van der Waals surface area contributed by atoms with Gasteiger partial charge in [0, 0.05) is 17.6 Å². The number of carboxylic acid groups (broad SMARTS) is 1. The van der Waals surface area contributed by atoms with E-state index in [9.17, 15) is 14.7 Å².